The van der Waals surface area contributed by atoms with E-state index in [1.165, 1.54) is 20.0 Å². The normalized spacial score (nSPS) is 26.8. The highest BCUT2D eigenvalue weighted by Crippen LogP contribution is 2.33. The quantitative estimate of drug-likeness (QED) is 0.774. The average Bonchev–Trinajstić information content (AvgIpc) is 2.70. The van der Waals surface area contributed by atoms with E-state index < -0.39 is 42.2 Å². The molecule has 1 aliphatic heterocycles. The first-order valence-electron chi connectivity index (χ1n) is 6.74. The third-order valence-corrected chi connectivity index (χ3v) is 3.53. The molecular weight excluding hydrogens is 330 g/mol. The summed E-state index contributed by atoms with van der Waals surface area (Å²) in [5, 5.41) is 0.0402. The lowest BCUT2D eigenvalue weighted by Crippen LogP contribution is -2.40. The molecule has 9 nitrogen and oxygen atoms in total. The number of nitrogens with two attached hydrogens (primary N) is 1. The fourth-order valence-electron chi connectivity index (χ4n) is 2.34. The zero-order chi connectivity index (χ0) is 17.3. The number of nitrogen functional groups attached to an aromatic ring is 1. The van der Waals surface area contributed by atoms with E-state index in [1.54, 1.807) is 6.92 Å². The summed E-state index contributed by atoms with van der Waals surface area (Å²) < 4.78 is 17.0. The highest BCUT2D eigenvalue weighted by Gasteiger charge is 2.48. The molecule has 0 amide bonds. The number of rotatable bonds is 3. The van der Waals surface area contributed by atoms with Gasteiger partial charge in [0.15, 0.2) is 18.4 Å². The minimum Gasteiger partial charge on any atom is -0.456 e. The van der Waals surface area contributed by atoms with Crippen LogP contribution in [0.2, 0.25) is 5.02 Å². The molecule has 1 saturated heterocycles. The molecule has 126 valence electrons. The van der Waals surface area contributed by atoms with Crippen molar-refractivity contribution in [2.45, 2.75) is 45.3 Å². The van der Waals surface area contributed by atoms with Crippen LogP contribution in [0.4, 0.5) is 5.82 Å². The van der Waals surface area contributed by atoms with Crippen LogP contribution in [-0.2, 0) is 23.8 Å². The average molecular weight is 346 g/mol. The first kappa shape index (κ1) is 17.2. The van der Waals surface area contributed by atoms with Crippen molar-refractivity contribution in [2.75, 3.05) is 5.73 Å². The Morgan fingerprint density at radius 1 is 1.30 bits per heavy atom. The van der Waals surface area contributed by atoms with E-state index in [0.29, 0.717) is 0 Å². The van der Waals surface area contributed by atoms with Crippen LogP contribution >= 0.6 is 11.6 Å². The Labute approximate surface area is 136 Å². The predicted molar refractivity (Wildman–Crippen MR) is 78.6 cm³/mol. The van der Waals surface area contributed by atoms with E-state index >= 15 is 0 Å². The van der Waals surface area contributed by atoms with Crippen molar-refractivity contribution in [2.24, 2.45) is 0 Å². The first-order valence-corrected chi connectivity index (χ1v) is 7.12. The minimum atomic E-state index is -1.05. The standard InChI is InChI=1S/C13H16ClN3O6/c1-5-9(22-6(2)18)10(23-7(3)19)12(21-5)17-4-8(14)11(15)16-13(17)20/h4-5,9-10,12H,1-3H3,(H2,15,16,20)/t5-,9-,10-,12-/m1/s1. The second kappa shape index (κ2) is 6.55. The number of aromatic nitrogens is 2. The summed E-state index contributed by atoms with van der Waals surface area (Å²) >= 11 is 5.88. The van der Waals surface area contributed by atoms with Gasteiger partial charge in [0, 0.05) is 20.0 Å². The van der Waals surface area contributed by atoms with Crippen molar-refractivity contribution in [3.8, 4) is 0 Å². The Balaban J connectivity index is 2.43. The summed E-state index contributed by atoms with van der Waals surface area (Å²) in [6.07, 6.45) is -2.32. The predicted octanol–water partition coefficient (Wildman–Crippen LogP) is 0.260. The molecule has 0 aromatic carbocycles. The molecular formula is C13H16ClN3O6. The van der Waals surface area contributed by atoms with Crippen LogP contribution in [0.3, 0.4) is 0 Å². The Kier molecular flexibility index (Phi) is 4.90. The van der Waals surface area contributed by atoms with E-state index in [9.17, 15) is 14.4 Å². The van der Waals surface area contributed by atoms with Crippen LogP contribution < -0.4 is 11.4 Å². The molecule has 0 radical (unpaired) electrons. The fourth-order valence-corrected chi connectivity index (χ4v) is 2.49. The van der Waals surface area contributed by atoms with Gasteiger partial charge in [0.2, 0.25) is 0 Å². The SMILES string of the molecule is CC(=O)O[C@@H]1[C@H](OC(C)=O)[C@@H](C)O[C@H]1n1cc(Cl)c(N)nc1=O. The van der Waals surface area contributed by atoms with Gasteiger partial charge in [0.25, 0.3) is 0 Å². The molecule has 2 heterocycles. The number of hydrogen-bond acceptors (Lipinski definition) is 8. The molecule has 4 atom stereocenters. The summed E-state index contributed by atoms with van der Waals surface area (Å²) in [6.45, 7) is 4.04. The molecule has 2 rings (SSSR count). The lowest BCUT2D eigenvalue weighted by Gasteiger charge is -2.23. The van der Waals surface area contributed by atoms with Gasteiger partial charge in [-0.2, -0.15) is 4.98 Å². The number of halogens is 1. The number of carbonyl (C=O) groups is 2. The molecule has 1 aromatic rings. The van der Waals surface area contributed by atoms with Gasteiger partial charge in [-0.15, -0.1) is 0 Å². The first-order chi connectivity index (χ1) is 10.7. The zero-order valence-corrected chi connectivity index (χ0v) is 13.4. The topological polar surface area (TPSA) is 123 Å². The van der Waals surface area contributed by atoms with Crippen LogP contribution in [0.25, 0.3) is 0 Å². The Morgan fingerprint density at radius 3 is 2.43 bits per heavy atom. The summed E-state index contributed by atoms with van der Waals surface area (Å²) in [7, 11) is 0. The van der Waals surface area contributed by atoms with Crippen molar-refractivity contribution in [3.63, 3.8) is 0 Å². The monoisotopic (exact) mass is 345 g/mol. The van der Waals surface area contributed by atoms with Gasteiger partial charge in [-0.1, -0.05) is 11.6 Å². The van der Waals surface area contributed by atoms with Crippen molar-refractivity contribution >= 4 is 29.4 Å². The Bertz CT molecular complexity index is 691. The maximum Gasteiger partial charge on any atom is 0.351 e. The molecule has 0 spiro atoms. The summed E-state index contributed by atoms with van der Waals surface area (Å²) in [4.78, 5) is 38.2. The van der Waals surface area contributed by atoms with Crippen LogP contribution in [0.5, 0.6) is 0 Å². The molecule has 1 aromatic heterocycles. The highest BCUT2D eigenvalue weighted by molar-refractivity contribution is 6.32. The van der Waals surface area contributed by atoms with Gasteiger partial charge in [0.05, 0.1) is 11.1 Å². The lowest BCUT2D eigenvalue weighted by molar-refractivity contribution is -0.165. The van der Waals surface area contributed by atoms with Crippen LogP contribution in [-0.4, -0.2) is 39.8 Å². The van der Waals surface area contributed by atoms with E-state index in [0.717, 1.165) is 4.57 Å². The largest absolute Gasteiger partial charge is 0.456 e. The smallest absolute Gasteiger partial charge is 0.351 e. The lowest BCUT2D eigenvalue weighted by atomic mass is 10.1. The number of anilines is 1. The van der Waals surface area contributed by atoms with Crippen molar-refractivity contribution in [3.05, 3.63) is 21.7 Å². The number of hydrogen-bond donors (Lipinski definition) is 1. The van der Waals surface area contributed by atoms with Crippen molar-refractivity contribution in [1.29, 1.82) is 0 Å². The van der Waals surface area contributed by atoms with Gasteiger partial charge < -0.3 is 19.9 Å². The van der Waals surface area contributed by atoms with Gasteiger partial charge >= 0.3 is 17.6 Å². The number of carbonyl (C=O) groups excluding carboxylic acids is 2. The Hall–Kier alpha value is -2.13. The molecule has 0 bridgehead atoms. The molecule has 0 saturated carbocycles. The highest BCUT2D eigenvalue weighted by atomic mass is 35.5. The van der Waals surface area contributed by atoms with E-state index in [1.807, 2.05) is 0 Å². The molecule has 0 unspecified atom stereocenters. The summed E-state index contributed by atoms with van der Waals surface area (Å²) in [5.74, 6) is -1.30. The molecule has 1 aliphatic rings. The minimum absolute atomic E-state index is 0.0402. The molecule has 10 heteroatoms. The van der Waals surface area contributed by atoms with Gasteiger partial charge in [0.1, 0.15) is 5.82 Å². The van der Waals surface area contributed by atoms with Gasteiger partial charge in [-0.05, 0) is 6.92 Å². The number of ether oxygens (including phenoxy) is 3. The molecule has 2 N–H and O–H groups in total. The number of esters is 2. The van der Waals surface area contributed by atoms with Gasteiger partial charge in [-0.25, -0.2) is 4.79 Å². The summed E-state index contributed by atoms with van der Waals surface area (Å²) in [6, 6.07) is 0. The van der Waals surface area contributed by atoms with Crippen LogP contribution in [0.15, 0.2) is 11.0 Å². The molecule has 23 heavy (non-hydrogen) atoms. The Morgan fingerprint density at radius 2 is 1.87 bits per heavy atom. The van der Waals surface area contributed by atoms with E-state index in [-0.39, 0.29) is 10.8 Å². The van der Waals surface area contributed by atoms with Gasteiger partial charge in [-0.3, -0.25) is 14.2 Å². The van der Waals surface area contributed by atoms with E-state index in [4.69, 9.17) is 31.5 Å². The maximum atomic E-state index is 12.0. The van der Waals surface area contributed by atoms with Crippen LogP contribution in [0.1, 0.15) is 27.0 Å². The molecule has 0 aliphatic carbocycles. The fraction of sp³-hybridized carbons (Fsp3) is 0.538. The molecule has 1 fully saturated rings. The summed E-state index contributed by atoms with van der Waals surface area (Å²) in [5.41, 5.74) is 4.74. The second-order valence-electron chi connectivity index (χ2n) is 5.04. The van der Waals surface area contributed by atoms with Crippen molar-refractivity contribution in [1.82, 2.24) is 9.55 Å². The third kappa shape index (κ3) is 3.62. The van der Waals surface area contributed by atoms with Crippen LogP contribution in [0, 0.1) is 0 Å². The van der Waals surface area contributed by atoms with Crippen molar-refractivity contribution < 1.29 is 23.8 Å². The second-order valence-corrected chi connectivity index (χ2v) is 5.45. The zero-order valence-electron chi connectivity index (χ0n) is 12.7. The van der Waals surface area contributed by atoms with E-state index in [2.05, 4.69) is 4.98 Å². The third-order valence-electron chi connectivity index (χ3n) is 3.23. The maximum absolute atomic E-state index is 12.0. The number of nitrogens with zero attached hydrogens (tertiary/aromatic N) is 2.